The average molecular weight is 461 g/mol. The van der Waals surface area contributed by atoms with Crippen LogP contribution in [0.4, 0.5) is 11.4 Å². The topological polar surface area (TPSA) is 93.1 Å². The second-order valence-corrected chi connectivity index (χ2v) is 8.76. The van der Waals surface area contributed by atoms with E-state index in [4.69, 9.17) is 0 Å². The minimum Gasteiger partial charge on any atom is -0.326 e. The normalized spacial score (nSPS) is 10.9. The van der Waals surface area contributed by atoms with Gasteiger partial charge in [0.1, 0.15) is 4.83 Å². The molecule has 0 atom stereocenters. The van der Waals surface area contributed by atoms with Crippen molar-refractivity contribution < 1.29 is 9.59 Å². The Labute approximate surface area is 195 Å². The molecule has 0 saturated heterocycles. The van der Waals surface area contributed by atoms with E-state index in [1.165, 1.54) is 24.6 Å². The second kappa shape index (κ2) is 9.38. The first-order chi connectivity index (χ1) is 15.9. The fraction of sp³-hybridized carbons (Fsp3) is 0.200. The van der Waals surface area contributed by atoms with E-state index >= 15 is 0 Å². The van der Waals surface area contributed by atoms with Gasteiger partial charge in [-0.15, -0.1) is 11.3 Å². The molecule has 168 valence electrons. The molecule has 7 nitrogen and oxygen atoms in total. The Hall–Kier alpha value is -3.78. The van der Waals surface area contributed by atoms with E-state index in [2.05, 4.69) is 15.6 Å². The van der Waals surface area contributed by atoms with Crippen molar-refractivity contribution in [1.82, 2.24) is 9.55 Å². The van der Waals surface area contributed by atoms with Gasteiger partial charge < -0.3 is 10.6 Å². The van der Waals surface area contributed by atoms with E-state index < -0.39 is 0 Å². The van der Waals surface area contributed by atoms with E-state index in [1.807, 2.05) is 43.3 Å². The number of rotatable bonds is 6. The molecule has 2 N–H and O–H groups in total. The van der Waals surface area contributed by atoms with Crippen LogP contribution in [0.5, 0.6) is 0 Å². The first kappa shape index (κ1) is 22.4. The van der Waals surface area contributed by atoms with Crippen LogP contribution in [0.1, 0.15) is 40.2 Å². The van der Waals surface area contributed by atoms with Crippen LogP contribution >= 0.6 is 11.3 Å². The lowest BCUT2D eigenvalue weighted by molar-refractivity contribution is -0.114. The number of aromatic nitrogens is 2. The van der Waals surface area contributed by atoms with Gasteiger partial charge in [0.15, 0.2) is 0 Å². The van der Waals surface area contributed by atoms with Crippen LogP contribution in [-0.2, 0) is 17.8 Å². The molecule has 0 unspecified atom stereocenters. The van der Waals surface area contributed by atoms with Crippen molar-refractivity contribution in [3.05, 3.63) is 86.8 Å². The van der Waals surface area contributed by atoms with Gasteiger partial charge in [0.25, 0.3) is 11.5 Å². The lowest BCUT2D eigenvalue weighted by atomic mass is 10.1. The Morgan fingerprint density at radius 2 is 1.85 bits per heavy atom. The predicted molar refractivity (Wildman–Crippen MR) is 132 cm³/mol. The van der Waals surface area contributed by atoms with Crippen molar-refractivity contribution in [3.8, 4) is 0 Å². The third-order valence-electron chi connectivity index (χ3n) is 5.38. The number of fused-ring (bicyclic) bond motifs is 1. The van der Waals surface area contributed by atoms with E-state index in [9.17, 15) is 14.4 Å². The SMILES string of the molecule is CCc1ccc(NC(C)=O)cc1NC(=O)c1sc2ncn(Cc3ccccc3)c(=O)c2c1C. The molecule has 33 heavy (non-hydrogen) atoms. The zero-order chi connectivity index (χ0) is 23.5. The van der Waals surface area contributed by atoms with Crippen LogP contribution in [0, 0.1) is 6.92 Å². The number of nitrogens with one attached hydrogen (secondary N) is 2. The number of benzene rings is 2. The summed E-state index contributed by atoms with van der Waals surface area (Å²) in [6.45, 7) is 5.62. The van der Waals surface area contributed by atoms with Gasteiger partial charge in [0.05, 0.1) is 23.1 Å². The molecule has 2 amide bonds. The minimum absolute atomic E-state index is 0.168. The molecule has 0 aliphatic carbocycles. The quantitative estimate of drug-likeness (QED) is 0.440. The molecule has 8 heteroatoms. The third-order valence-corrected chi connectivity index (χ3v) is 6.58. The maximum absolute atomic E-state index is 13.2. The number of anilines is 2. The maximum atomic E-state index is 13.2. The predicted octanol–water partition coefficient (Wildman–Crippen LogP) is 4.59. The zero-order valence-corrected chi connectivity index (χ0v) is 19.5. The Morgan fingerprint density at radius 1 is 1.09 bits per heavy atom. The molecule has 4 rings (SSSR count). The van der Waals surface area contributed by atoms with Gasteiger partial charge in [-0.3, -0.25) is 19.0 Å². The monoisotopic (exact) mass is 460 g/mol. The summed E-state index contributed by atoms with van der Waals surface area (Å²) in [6, 6.07) is 15.1. The van der Waals surface area contributed by atoms with Crippen LogP contribution in [0.25, 0.3) is 10.2 Å². The van der Waals surface area contributed by atoms with Gasteiger partial charge in [-0.2, -0.15) is 0 Å². The van der Waals surface area contributed by atoms with Gasteiger partial charge in [-0.05, 0) is 42.2 Å². The highest BCUT2D eigenvalue weighted by molar-refractivity contribution is 7.20. The summed E-state index contributed by atoms with van der Waals surface area (Å²) in [5.74, 6) is -0.492. The van der Waals surface area contributed by atoms with Crippen molar-refractivity contribution >= 4 is 44.7 Å². The first-order valence-corrected chi connectivity index (χ1v) is 11.4. The van der Waals surface area contributed by atoms with E-state index in [0.717, 1.165) is 11.1 Å². The van der Waals surface area contributed by atoms with Gasteiger partial charge in [0, 0.05) is 18.3 Å². The molecule has 0 spiro atoms. The third kappa shape index (κ3) is 4.70. The van der Waals surface area contributed by atoms with Crippen LogP contribution in [0.3, 0.4) is 0 Å². The summed E-state index contributed by atoms with van der Waals surface area (Å²) < 4.78 is 1.56. The summed E-state index contributed by atoms with van der Waals surface area (Å²) in [5.41, 5.74) is 3.62. The second-order valence-electron chi connectivity index (χ2n) is 7.76. The molecule has 2 aromatic carbocycles. The number of nitrogens with zero attached hydrogens (tertiary/aromatic N) is 2. The average Bonchev–Trinajstić information content (AvgIpc) is 3.13. The number of aryl methyl sites for hydroxylation is 2. The summed E-state index contributed by atoms with van der Waals surface area (Å²) in [7, 11) is 0. The van der Waals surface area contributed by atoms with E-state index in [1.54, 1.807) is 23.6 Å². The number of carbonyl (C=O) groups is 2. The standard InChI is InChI=1S/C25H24N4O3S/c1-4-18-10-11-19(27-16(3)30)12-20(18)28-23(31)22-15(2)21-24(33-22)26-14-29(25(21)32)13-17-8-6-5-7-9-17/h5-12,14H,4,13H2,1-3H3,(H,27,30)(H,28,31). The van der Waals surface area contributed by atoms with Gasteiger partial charge in [0.2, 0.25) is 5.91 Å². The Balaban J connectivity index is 1.67. The molecule has 2 heterocycles. The van der Waals surface area contributed by atoms with Crippen molar-refractivity contribution in [2.45, 2.75) is 33.7 Å². The molecular formula is C25H24N4O3S. The molecule has 0 aliphatic heterocycles. The Morgan fingerprint density at radius 3 is 2.55 bits per heavy atom. The lowest BCUT2D eigenvalue weighted by Gasteiger charge is -2.12. The minimum atomic E-state index is -0.306. The highest BCUT2D eigenvalue weighted by atomic mass is 32.1. The van der Waals surface area contributed by atoms with Gasteiger partial charge in [-0.1, -0.05) is 43.3 Å². The number of hydrogen-bond acceptors (Lipinski definition) is 5. The molecule has 0 fully saturated rings. The van der Waals surface area contributed by atoms with Crippen molar-refractivity contribution in [2.75, 3.05) is 10.6 Å². The molecule has 0 bridgehead atoms. The smallest absolute Gasteiger partial charge is 0.266 e. The highest BCUT2D eigenvalue weighted by Crippen LogP contribution is 2.29. The van der Waals surface area contributed by atoms with Crippen LogP contribution in [0.2, 0.25) is 0 Å². The van der Waals surface area contributed by atoms with Gasteiger partial charge >= 0.3 is 0 Å². The van der Waals surface area contributed by atoms with Crippen molar-refractivity contribution in [2.24, 2.45) is 0 Å². The maximum Gasteiger partial charge on any atom is 0.266 e. The Bertz CT molecular complexity index is 1410. The summed E-state index contributed by atoms with van der Waals surface area (Å²) >= 11 is 1.20. The molecular weight excluding hydrogens is 436 g/mol. The molecule has 0 saturated carbocycles. The van der Waals surface area contributed by atoms with Gasteiger partial charge in [-0.25, -0.2) is 4.98 Å². The molecule has 2 aromatic heterocycles. The number of amides is 2. The summed E-state index contributed by atoms with van der Waals surface area (Å²) in [6.07, 6.45) is 2.24. The van der Waals surface area contributed by atoms with Crippen LogP contribution in [-0.4, -0.2) is 21.4 Å². The molecule has 0 aliphatic rings. The fourth-order valence-corrected chi connectivity index (χ4v) is 4.76. The lowest BCUT2D eigenvalue weighted by Crippen LogP contribution is -2.21. The fourth-order valence-electron chi connectivity index (χ4n) is 3.73. The number of hydrogen-bond donors (Lipinski definition) is 2. The number of thiophene rings is 1. The molecule has 0 radical (unpaired) electrons. The summed E-state index contributed by atoms with van der Waals surface area (Å²) in [4.78, 5) is 43.2. The molecule has 4 aromatic rings. The zero-order valence-electron chi connectivity index (χ0n) is 18.6. The van der Waals surface area contributed by atoms with Crippen molar-refractivity contribution in [3.63, 3.8) is 0 Å². The Kier molecular flexibility index (Phi) is 6.37. The van der Waals surface area contributed by atoms with E-state index in [-0.39, 0.29) is 17.4 Å². The van der Waals surface area contributed by atoms with Crippen molar-refractivity contribution in [1.29, 1.82) is 0 Å². The highest BCUT2D eigenvalue weighted by Gasteiger charge is 2.20. The number of carbonyl (C=O) groups excluding carboxylic acids is 2. The largest absolute Gasteiger partial charge is 0.326 e. The first-order valence-electron chi connectivity index (χ1n) is 10.6. The van der Waals surface area contributed by atoms with Crippen LogP contribution < -0.4 is 16.2 Å². The summed E-state index contributed by atoms with van der Waals surface area (Å²) in [5, 5.41) is 6.15. The van der Waals surface area contributed by atoms with E-state index in [0.29, 0.717) is 45.0 Å². The van der Waals surface area contributed by atoms with Crippen LogP contribution in [0.15, 0.2) is 59.7 Å².